The lowest BCUT2D eigenvalue weighted by Crippen LogP contribution is -2.47. The zero-order chi connectivity index (χ0) is 18.3. The Hall–Kier alpha value is -2.64. The molecule has 1 rings (SSSR count). The lowest BCUT2D eigenvalue weighted by molar-refractivity contribution is -0.126. The van der Waals surface area contributed by atoms with E-state index in [4.69, 9.17) is 10.5 Å². The van der Waals surface area contributed by atoms with Gasteiger partial charge in [-0.15, -0.1) is 0 Å². The first-order chi connectivity index (χ1) is 11.3. The van der Waals surface area contributed by atoms with Gasteiger partial charge in [0, 0.05) is 11.6 Å². The van der Waals surface area contributed by atoms with Crippen LogP contribution in [0.5, 0.6) is 11.5 Å². The van der Waals surface area contributed by atoms with E-state index in [0.29, 0.717) is 0 Å². The van der Waals surface area contributed by atoms with Crippen LogP contribution in [0.25, 0.3) is 6.08 Å². The maximum atomic E-state index is 12.5. The summed E-state index contributed by atoms with van der Waals surface area (Å²) >= 11 is 0. The molecule has 24 heavy (non-hydrogen) atoms. The van der Waals surface area contributed by atoms with Gasteiger partial charge in [0.2, 0.25) is 11.8 Å². The van der Waals surface area contributed by atoms with Gasteiger partial charge in [-0.25, -0.2) is 0 Å². The number of nitrogens with two attached hydrogens (primary N) is 1. The van der Waals surface area contributed by atoms with Crippen LogP contribution in [0.1, 0.15) is 19.4 Å². The van der Waals surface area contributed by atoms with E-state index in [-0.39, 0.29) is 23.0 Å². The van der Waals surface area contributed by atoms with Crippen molar-refractivity contribution in [2.75, 3.05) is 7.11 Å². The van der Waals surface area contributed by atoms with Crippen LogP contribution in [0.15, 0.2) is 24.3 Å². The Morgan fingerprint density at radius 1 is 1.29 bits per heavy atom. The smallest absolute Gasteiger partial charge is 0.387 e. The lowest BCUT2D eigenvalue weighted by atomic mass is 10.0. The molecular formula is C16H20F2N2O4. The van der Waals surface area contributed by atoms with Gasteiger partial charge in [0.1, 0.15) is 6.04 Å². The maximum absolute atomic E-state index is 12.5. The quantitative estimate of drug-likeness (QED) is 0.706. The third kappa shape index (κ3) is 5.53. The highest BCUT2D eigenvalue weighted by Gasteiger charge is 2.20. The van der Waals surface area contributed by atoms with Crippen molar-refractivity contribution in [2.45, 2.75) is 26.5 Å². The Labute approximate surface area is 138 Å². The number of benzene rings is 1. The summed E-state index contributed by atoms with van der Waals surface area (Å²) in [6, 6.07) is 3.67. The third-order valence-corrected chi connectivity index (χ3v) is 3.12. The third-order valence-electron chi connectivity index (χ3n) is 3.12. The molecule has 8 heteroatoms. The van der Waals surface area contributed by atoms with Gasteiger partial charge in [0.25, 0.3) is 0 Å². The van der Waals surface area contributed by atoms with Crippen LogP contribution in [-0.2, 0) is 9.59 Å². The van der Waals surface area contributed by atoms with Gasteiger partial charge in [0.15, 0.2) is 11.5 Å². The Balaban J connectivity index is 2.97. The number of carbonyl (C=O) groups excluding carboxylic acids is 2. The molecule has 0 saturated heterocycles. The van der Waals surface area contributed by atoms with Crippen molar-refractivity contribution < 1.29 is 27.8 Å². The first-order valence-corrected chi connectivity index (χ1v) is 7.16. The summed E-state index contributed by atoms with van der Waals surface area (Å²) in [6.07, 6.45) is 2.39. The first kappa shape index (κ1) is 19.4. The van der Waals surface area contributed by atoms with Crippen molar-refractivity contribution in [3.8, 4) is 11.5 Å². The van der Waals surface area contributed by atoms with E-state index in [9.17, 15) is 18.4 Å². The second-order valence-electron chi connectivity index (χ2n) is 5.22. The summed E-state index contributed by atoms with van der Waals surface area (Å²) in [5.74, 6) is -1.51. The summed E-state index contributed by atoms with van der Waals surface area (Å²) in [6.45, 7) is 0.425. The number of para-hydroxylation sites is 1. The van der Waals surface area contributed by atoms with Gasteiger partial charge in [-0.05, 0) is 18.1 Å². The zero-order valence-corrected chi connectivity index (χ0v) is 13.6. The number of methoxy groups -OCH3 is 1. The normalized spacial score (nSPS) is 12.5. The molecule has 0 fully saturated rings. The van der Waals surface area contributed by atoms with Gasteiger partial charge >= 0.3 is 6.61 Å². The topological polar surface area (TPSA) is 90.6 Å². The molecule has 0 radical (unpaired) electrons. The highest BCUT2D eigenvalue weighted by Crippen LogP contribution is 2.33. The predicted octanol–water partition coefficient (Wildman–Crippen LogP) is 1.94. The van der Waals surface area contributed by atoms with Gasteiger partial charge in [-0.2, -0.15) is 8.78 Å². The van der Waals surface area contributed by atoms with E-state index in [0.717, 1.165) is 6.08 Å². The van der Waals surface area contributed by atoms with E-state index in [1.807, 2.05) is 0 Å². The molecule has 2 amide bonds. The van der Waals surface area contributed by atoms with Crippen LogP contribution < -0.4 is 20.5 Å². The van der Waals surface area contributed by atoms with Gasteiger partial charge < -0.3 is 20.5 Å². The molecular weight excluding hydrogens is 322 g/mol. The monoisotopic (exact) mass is 342 g/mol. The van der Waals surface area contributed by atoms with Crippen LogP contribution in [0.3, 0.4) is 0 Å². The summed E-state index contributed by atoms with van der Waals surface area (Å²) in [5, 5.41) is 2.45. The fourth-order valence-electron chi connectivity index (χ4n) is 1.97. The molecule has 1 atom stereocenters. The minimum absolute atomic E-state index is 0.107. The molecule has 0 aliphatic heterocycles. The van der Waals surface area contributed by atoms with Gasteiger partial charge in [0.05, 0.1) is 7.11 Å². The first-order valence-electron chi connectivity index (χ1n) is 7.16. The molecule has 1 aromatic carbocycles. The number of amides is 2. The molecule has 1 aromatic rings. The highest BCUT2D eigenvalue weighted by molar-refractivity contribution is 5.95. The molecule has 0 spiro atoms. The highest BCUT2D eigenvalue weighted by atomic mass is 19.3. The molecule has 0 bridgehead atoms. The SMILES string of the molecule is COc1cccc(/C=C\C(=O)NC(C(N)=O)C(C)C)c1OC(F)F. The number of alkyl halides is 2. The molecule has 1 unspecified atom stereocenters. The zero-order valence-electron chi connectivity index (χ0n) is 13.6. The second-order valence-corrected chi connectivity index (χ2v) is 5.22. The van der Waals surface area contributed by atoms with Crippen LogP contribution in [0.2, 0.25) is 0 Å². The van der Waals surface area contributed by atoms with E-state index in [2.05, 4.69) is 10.1 Å². The number of nitrogens with one attached hydrogen (secondary N) is 1. The minimum atomic E-state index is -3.04. The van der Waals surface area contributed by atoms with E-state index in [1.54, 1.807) is 19.9 Å². The summed E-state index contributed by atoms with van der Waals surface area (Å²) in [5.41, 5.74) is 5.44. The molecule has 0 aliphatic rings. The standard InChI is InChI=1S/C16H20F2N2O4/c1-9(2)13(15(19)22)20-12(21)8-7-10-5-4-6-11(23-3)14(10)24-16(17)18/h4-9,13,16H,1-3H3,(H2,19,22)(H,20,21)/b8-7-. The summed E-state index contributed by atoms with van der Waals surface area (Å²) in [7, 11) is 1.31. The number of hydrogen-bond donors (Lipinski definition) is 2. The van der Waals surface area contributed by atoms with Crippen molar-refractivity contribution in [2.24, 2.45) is 11.7 Å². The van der Waals surface area contributed by atoms with Crippen molar-refractivity contribution in [1.29, 1.82) is 0 Å². The molecule has 0 aliphatic carbocycles. The van der Waals surface area contributed by atoms with E-state index in [1.165, 1.54) is 25.3 Å². The Morgan fingerprint density at radius 2 is 1.96 bits per heavy atom. The number of rotatable bonds is 8. The lowest BCUT2D eigenvalue weighted by Gasteiger charge is -2.17. The number of carbonyl (C=O) groups is 2. The largest absolute Gasteiger partial charge is 0.493 e. The molecule has 3 N–H and O–H groups in total. The number of hydrogen-bond acceptors (Lipinski definition) is 4. The Bertz CT molecular complexity index is 618. The fourth-order valence-corrected chi connectivity index (χ4v) is 1.97. The molecule has 0 aromatic heterocycles. The molecule has 132 valence electrons. The maximum Gasteiger partial charge on any atom is 0.387 e. The molecule has 6 nitrogen and oxygen atoms in total. The summed E-state index contributed by atoms with van der Waals surface area (Å²) in [4.78, 5) is 23.2. The number of halogens is 2. The van der Waals surface area contributed by atoms with Crippen LogP contribution in [0, 0.1) is 5.92 Å². The average molecular weight is 342 g/mol. The fraction of sp³-hybridized carbons (Fsp3) is 0.375. The van der Waals surface area contributed by atoms with Crippen LogP contribution in [0.4, 0.5) is 8.78 Å². The summed E-state index contributed by atoms with van der Waals surface area (Å²) < 4.78 is 34.5. The van der Waals surface area contributed by atoms with Crippen molar-refractivity contribution in [3.63, 3.8) is 0 Å². The van der Waals surface area contributed by atoms with Crippen LogP contribution in [-0.4, -0.2) is 31.6 Å². The molecule has 0 saturated carbocycles. The number of ether oxygens (including phenoxy) is 2. The van der Waals surface area contributed by atoms with Crippen LogP contribution >= 0.6 is 0 Å². The van der Waals surface area contributed by atoms with Crippen molar-refractivity contribution in [1.82, 2.24) is 5.32 Å². The second kappa shape index (κ2) is 8.85. The van der Waals surface area contributed by atoms with Crippen molar-refractivity contribution in [3.05, 3.63) is 29.8 Å². The average Bonchev–Trinajstić information content (AvgIpc) is 2.50. The molecule has 0 heterocycles. The van der Waals surface area contributed by atoms with Gasteiger partial charge in [-0.1, -0.05) is 26.0 Å². The Kier molecular flexibility index (Phi) is 7.16. The van der Waals surface area contributed by atoms with E-state index < -0.39 is 24.5 Å². The van der Waals surface area contributed by atoms with Crippen molar-refractivity contribution >= 4 is 17.9 Å². The minimum Gasteiger partial charge on any atom is -0.493 e. The van der Waals surface area contributed by atoms with E-state index >= 15 is 0 Å². The number of primary amides is 1. The predicted molar refractivity (Wildman–Crippen MR) is 84.6 cm³/mol. The Morgan fingerprint density at radius 3 is 2.46 bits per heavy atom. The van der Waals surface area contributed by atoms with Gasteiger partial charge in [-0.3, -0.25) is 9.59 Å².